The SMILES string of the molecule is NC(N)=NCCC[C@@H](C(=O)O)N(CCc1cnc[nH]1)C(=O)C(c1ccccc1)c1ccccc1. The highest BCUT2D eigenvalue weighted by molar-refractivity contribution is 5.90. The Morgan fingerprint density at radius 2 is 1.65 bits per heavy atom. The zero-order valence-electron chi connectivity index (χ0n) is 18.9. The predicted molar refractivity (Wildman–Crippen MR) is 130 cm³/mol. The van der Waals surface area contributed by atoms with Gasteiger partial charge in [-0.05, 0) is 24.0 Å². The van der Waals surface area contributed by atoms with E-state index in [0.717, 1.165) is 16.8 Å². The molecule has 178 valence electrons. The van der Waals surface area contributed by atoms with Crippen LogP contribution in [0.2, 0.25) is 0 Å². The van der Waals surface area contributed by atoms with E-state index in [-0.39, 0.29) is 31.4 Å². The van der Waals surface area contributed by atoms with E-state index in [1.165, 1.54) is 4.90 Å². The fourth-order valence-corrected chi connectivity index (χ4v) is 3.92. The van der Waals surface area contributed by atoms with Gasteiger partial charge in [-0.2, -0.15) is 0 Å². The van der Waals surface area contributed by atoms with Crippen LogP contribution in [0.5, 0.6) is 0 Å². The second-order valence-corrected chi connectivity index (χ2v) is 7.92. The van der Waals surface area contributed by atoms with Crippen LogP contribution in [-0.2, 0) is 16.0 Å². The third-order valence-corrected chi connectivity index (χ3v) is 5.56. The molecule has 0 fully saturated rings. The lowest BCUT2D eigenvalue weighted by Crippen LogP contribution is -2.48. The highest BCUT2D eigenvalue weighted by Gasteiger charge is 2.34. The summed E-state index contributed by atoms with van der Waals surface area (Å²) < 4.78 is 0. The van der Waals surface area contributed by atoms with Crippen LogP contribution >= 0.6 is 0 Å². The minimum atomic E-state index is -1.07. The molecule has 1 amide bonds. The van der Waals surface area contributed by atoms with Crippen LogP contribution in [0, 0.1) is 0 Å². The lowest BCUT2D eigenvalue weighted by molar-refractivity contribution is -0.151. The van der Waals surface area contributed by atoms with Crippen LogP contribution in [0.3, 0.4) is 0 Å². The van der Waals surface area contributed by atoms with Gasteiger partial charge in [-0.3, -0.25) is 9.79 Å². The third kappa shape index (κ3) is 6.68. The number of carboxylic acids is 1. The Kier molecular flexibility index (Phi) is 8.79. The number of hydrogen-bond donors (Lipinski definition) is 4. The van der Waals surface area contributed by atoms with Gasteiger partial charge in [-0.1, -0.05) is 60.7 Å². The van der Waals surface area contributed by atoms with Crippen LogP contribution in [0.4, 0.5) is 0 Å². The van der Waals surface area contributed by atoms with Crippen molar-refractivity contribution in [2.45, 2.75) is 31.2 Å². The number of aliphatic imine (C=N–C) groups is 1. The summed E-state index contributed by atoms with van der Waals surface area (Å²) in [6.45, 7) is 0.506. The number of imidazole rings is 1. The molecular formula is C25H30N6O3. The number of guanidine groups is 1. The maximum atomic E-state index is 14.1. The zero-order valence-corrected chi connectivity index (χ0v) is 18.9. The molecular weight excluding hydrogens is 432 g/mol. The van der Waals surface area contributed by atoms with E-state index in [0.29, 0.717) is 12.8 Å². The van der Waals surface area contributed by atoms with Gasteiger partial charge in [0.05, 0.1) is 12.2 Å². The molecule has 9 heteroatoms. The predicted octanol–water partition coefficient (Wildman–Crippen LogP) is 2.12. The Morgan fingerprint density at radius 1 is 1.03 bits per heavy atom. The van der Waals surface area contributed by atoms with Crippen molar-refractivity contribution >= 4 is 17.8 Å². The first-order valence-electron chi connectivity index (χ1n) is 11.1. The largest absolute Gasteiger partial charge is 0.480 e. The average molecular weight is 463 g/mol. The highest BCUT2D eigenvalue weighted by Crippen LogP contribution is 2.28. The summed E-state index contributed by atoms with van der Waals surface area (Å²) in [5.41, 5.74) is 13.2. The van der Waals surface area contributed by atoms with Gasteiger partial charge >= 0.3 is 5.97 Å². The molecule has 0 saturated heterocycles. The topological polar surface area (TPSA) is 151 Å². The van der Waals surface area contributed by atoms with Crippen LogP contribution in [0.15, 0.2) is 78.2 Å². The quantitative estimate of drug-likeness (QED) is 0.184. The van der Waals surface area contributed by atoms with Gasteiger partial charge in [0.1, 0.15) is 6.04 Å². The van der Waals surface area contributed by atoms with Crippen molar-refractivity contribution in [3.63, 3.8) is 0 Å². The number of hydrogen-bond acceptors (Lipinski definition) is 4. The van der Waals surface area contributed by atoms with Crippen molar-refractivity contribution < 1.29 is 14.7 Å². The number of benzene rings is 2. The molecule has 3 aromatic rings. The van der Waals surface area contributed by atoms with Crippen LogP contribution in [0.25, 0.3) is 0 Å². The van der Waals surface area contributed by atoms with Crippen LogP contribution < -0.4 is 11.5 Å². The summed E-state index contributed by atoms with van der Waals surface area (Å²) in [5, 5.41) is 10.1. The molecule has 0 unspecified atom stereocenters. The van der Waals surface area contributed by atoms with Crippen molar-refractivity contribution in [3.8, 4) is 0 Å². The standard InChI is InChI=1S/C25H30N6O3/c26-25(27)29-14-7-12-21(24(33)34)31(15-13-20-16-28-17-30-20)23(32)22(18-8-3-1-4-9-18)19-10-5-2-6-11-19/h1-6,8-11,16-17,21-22H,7,12-15H2,(H,28,30)(H,33,34)(H4,26,27,29)/t21-/m0/s1. The number of amides is 1. The second kappa shape index (κ2) is 12.2. The number of rotatable bonds is 12. The Bertz CT molecular complexity index is 1030. The first-order valence-corrected chi connectivity index (χ1v) is 11.1. The molecule has 1 aromatic heterocycles. The van der Waals surface area contributed by atoms with Crippen molar-refractivity contribution in [2.75, 3.05) is 13.1 Å². The number of nitrogens with two attached hydrogens (primary N) is 2. The number of carbonyl (C=O) groups is 2. The monoisotopic (exact) mass is 462 g/mol. The fraction of sp³-hybridized carbons (Fsp3) is 0.280. The summed E-state index contributed by atoms with van der Waals surface area (Å²) in [6, 6.07) is 17.8. The first kappa shape index (κ1) is 24.5. The minimum absolute atomic E-state index is 0.0488. The van der Waals surface area contributed by atoms with E-state index in [1.54, 1.807) is 12.5 Å². The molecule has 0 aliphatic rings. The molecule has 34 heavy (non-hydrogen) atoms. The molecule has 6 N–H and O–H groups in total. The maximum absolute atomic E-state index is 14.1. The summed E-state index contributed by atoms with van der Waals surface area (Å²) in [7, 11) is 0. The van der Waals surface area contributed by atoms with Gasteiger partial charge in [0.15, 0.2) is 5.96 Å². The Balaban J connectivity index is 1.95. The first-order chi connectivity index (χ1) is 16.5. The molecule has 0 aliphatic heterocycles. The van der Waals surface area contributed by atoms with Gasteiger partial charge in [0, 0.05) is 31.4 Å². The number of nitrogens with one attached hydrogen (secondary N) is 1. The summed E-state index contributed by atoms with van der Waals surface area (Å²) >= 11 is 0. The number of carbonyl (C=O) groups excluding carboxylic acids is 1. The van der Waals surface area contributed by atoms with Crippen molar-refractivity contribution in [1.29, 1.82) is 0 Å². The smallest absolute Gasteiger partial charge is 0.326 e. The number of H-pyrrole nitrogens is 1. The normalized spacial score (nSPS) is 11.7. The number of carboxylic acid groups (broad SMARTS) is 1. The summed E-state index contributed by atoms with van der Waals surface area (Å²) in [4.78, 5) is 38.8. The molecule has 2 aromatic carbocycles. The maximum Gasteiger partial charge on any atom is 0.326 e. The van der Waals surface area contributed by atoms with Gasteiger partial charge in [-0.25, -0.2) is 9.78 Å². The molecule has 0 saturated carbocycles. The third-order valence-electron chi connectivity index (χ3n) is 5.56. The molecule has 1 atom stereocenters. The summed E-state index contributed by atoms with van der Waals surface area (Å²) in [5.74, 6) is -2.02. The lowest BCUT2D eigenvalue weighted by atomic mass is 9.89. The average Bonchev–Trinajstić information content (AvgIpc) is 3.35. The van der Waals surface area contributed by atoms with Gasteiger partial charge in [-0.15, -0.1) is 0 Å². The van der Waals surface area contributed by atoms with E-state index < -0.39 is 17.9 Å². The van der Waals surface area contributed by atoms with E-state index in [4.69, 9.17) is 11.5 Å². The molecule has 0 radical (unpaired) electrons. The van der Waals surface area contributed by atoms with E-state index in [2.05, 4.69) is 15.0 Å². The molecule has 3 rings (SSSR count). The Labute approximate surface area is 198 Å². The van der Waals surface area contributed by atoms with Crippen molar-refractivity contribution in [3.05, 3.63) is 90.0 Å². The number of aliphatic carboxylic acids is 1. The van der Waals surface area contributed by atoms with E-state index in [9.17, 15) is 14.7 Å². The zero-order chi connectivity index (χ0) is 24.3. The number of aromatic nitrogens is 2. The minimum Gasteiger partial charge on any atom is -0.480 e. The van der Waals surface area contributed by atoms with Crippen molar-refractivity contribution in [1.82, 2.24) is 14.9 Å². The molecule has 0 bridgehead atoms. The van der Waals surface area contributed by atoms with Crippen molar-refractivity contribution in [2.24, 2.45) is 16.5 Å². The van der Waals surface area contributed by atoms with Gasteiger partial charge in [0.2, 0.25) is 5.91 Å². The molecule has 0 aliphatic carbocycles. The van der Waals surface area contributed by atoms with E-state index in [1.807, 2.05) is 60.7 Å². The highest BCUT2D eigenvalue weighted by atomic mass is 16.4. The molecule has 0 spiro atoms. The molecule has 9 nitrogen and oxygen atoms in total. The number of nitrogens with zero attached hydrogens (tertiary/aromatic N) is 3. The van der Waals surface area contributed by atoms with Crippen LogP contribution in [0.1, 0.15) is 35.6 Å². The molecule has 1 heterocycles. The number of aromatic amines is 1. The van der Waals surface area contributed by atoms with E-state index >= 15 is 0 Å². The fourth-order valence-electron chi connectivity index (χ4n) is 3.92. The van der Waals surface area contributed by atoms with Gasteiger partial charge < -0.3 is 26.5 Å². The second-order valence-electron chi connectivity index (χ2n) is 7.92. The van der Waals surface area contributed by atoms with Gasteiger partial charge in [0.25, 0.3) is 0 Å². The lowest BCUT2D eigenvalue weighted by Gasteiger charge is -2.32. The van der Waals surface area contributed by atoms with Crippen LogP contribution in [-0.4, -0.2) is 56.9 Å². The Hall–Kier alpha value is -4.14. The summed E-state index contributed by atoms with van der Waals surface area (Å²) in [6.07, 6.45) is 4.31. The Morgan fingerprint density at radius 3 is 2.15 bits per heavy atom.